The summed E-state index contributed by atoms with van der Waals surface area (Å²) in [5, 5.41) is 0. The first-order chi connectivity index (χ1) is 6.90. The molecule has 0 amide bonds. The SMILES string of the molecule is NCc1cncn1CC1=CCCOC1. The van der Waals surface area contributed by atoms with E-state index in [1.54, 1.807) is 0 Å². The summed E-state index contributed by atoms with van der Waals surface area (Å²) < 4.78 is 7.44. The van der Waals surface area contributed by atoms with Crippen LogP contribution in [-0.2, 0) is 17.8 Å². The van der Waals surface area contributed by atoms with E-state index in [0.717, 1.165) is 31.9 Å². The number of hydrogen-bond donors (Lipinski definition) is 1. The highest BCUT2D eigenvalue weighted by atomic mass is 16.5. The first kappa shape index (κ1) is 9.43. The van der Waals surface area contributed by atoms with Crippen LogP contribution in [0.1, 0.15) is 12.1 Å². The molecule has 1 aromatic heterocycles. The predicted octanol–water partition coefficient (Wildman–Crippen LogP) is 0.688. The van der Waals surface area contributed by atoms with Crippen molar-refractivity contribution in [3.63, 3.8) is 0 Å². The minimum absolute atomic E-state index is 0.536. The lowest BCUT2D eigenvalue weighted by atomic mass is 10.2. The fourth-order valence-corrected chi connectivity index (χ4v) is 1.60. The van der Waals surface area contributed by atoms with E-state index in [-0.39, 0.29) is 0 Å². The number of imidazole rings is 1. The number of nitrogens with two attached hydrogens (primary N) is 1. The second-order valence-electron chi connectivity index (χ2n) is 3.42. The molecule has 2 heterocycles. The van der Waals surface area contributed by atoms with Crippen molar-refractivity contribution in [3.8, 4) is 0 Å². The van der Waals surface area contributed by atoms with Gasteiger partial charge in [-0.3, -0.25) is 0 Å². The molecule has 0 saturated carbocycles. The van der Waals surface area contributed by atoms with Gasteiger partial charge >= 0.3 is 0 Å². The minimum Gasteiger partial charge on any atom is -0.377 e. The van der Waals surface area contributed by atoms with Crippen LogP contribution in [0.25, 0.3) is 0 Å². The average molecular weight is 193 g/mol. The lowest BCUT2D eigenvalue weighted by Gasteiger charge is -2.15. The maximum atomic E-state index is 5.59. The molecular weight excluding hydrogens is 178 g/mol. The fourth-order valence-electron chi connectivity index (χ4n) is 1.60. The quantitative estimate of drug-likeness (QED) is 0.718. The third-order valence-electron chi connectivity index (χ3n) is 2.36. The lowest BCUT2D eigenvalue weighted by Crippen LogP contribution is -2.13. The molecular formula is C10H15N3O. The molecule has 0 unspecified atom stereocenters. The third kappa shape index (κ3) is 2.02. The zero-order valence-electron chi connectivity index (χ0n) is 8.15. The van der Waals surface area contributed by atoms with Crippen molar-refractivity contribution in [1.29, 1.82) is 0 Å². The zero-order valence-corrected chi connectivity index (χ0v) is 8.15. The summed E-state index contributed by atoms with van der Waals surface area (Å²) in [4.78, 5) is 4.07. The van der Waals surface area contributed by atoms with Crippen LogP contribution in [0.2, 0.25) is 0 Å². The molecule has 4 nitrogen and oxygen atoms in total. The van der Waals surface area contributed by atoms with Gasteiger partial charge in [0.2, 0.25) is 0 Å². The van der Waals surface area contributed by atoms with Gasteiger partial charge in [0, 0.05) is 19.3 Å². The van der Waals surface area contributed by atoms with E-state index >= 15 is 0 Å². The van der Waals surface area contributed by atoms with Gasteiger partial charge in [-0.05, 0) is 12.0 Å². The first-order valence-corrected chi connectivity index (χ1v) is 4.85. The molecule has 1 aliphatic rings. The van der Waals surface area contributed by atoms with Crippen molar-refractivity contribution in [2.75, 3.05) is 13.2 Å². The number of rotatable bonds is 3. The van der Waals surface area contributed by atoms with Crippen molar-refractivity contribution < 1.29 is 4.74 Å². The number of hydrogen-bond acceptors (Lipinski definition) is 3. The number of aromatic nitrogens is 2. The molecule has 0 radical (unpaired) electrons. The molecule has 0 bridgehead atoms. The van der Waals surface area contributed by atoms with Gasteiger partial charge in [-0.25, -0.2) is 4.98 Å². The second kappa shape index (κ2) is 4.39. The zero-order chi connectivity index (χ0) is 9.80. The molecule has 0 aromatic carbocycles. The Bertz CT molecular complexity index is 330. The molecule has 76 valence electrons. The summed E-state index contributed by atoms with van der Waals surface area (Å²) in [6.07, 6.45) is 6.88. The molecule has 0 atom stereocenters. The monoisotopic (exact) mass is 193 g/mol. The molecule has 4 heteroatoms. The molecule has 0 aliphatic carbocycles. The molecule has 1 aromatic rings. The Balaban J connectivity index is 2.06. The fraction of sp³-hybridized carbons (Fsp3) is 0.500. The van der Waals surface area contributed by atoms with Gasteiger partial charge in [0.1, 0.15) is 0 Å². The van der Waals surface area contributed by atoms with Crippen molar-refractivity contribution in [2.45, 2.75) is 19.5 Å². The largest absolute Gasteiger partial charge is 0.377 e. The number of nitrogens with zero attached hydrogens (tertiary/aromatic N) is 2. The van der Waals surface area contributed by atoms with Gasteiger partial charge in [-0.15, -0.1) is 0 Å². The van der Waals surface area contributed by atoms with Gasteiger partial charge in [0.25, 0.3) is 0 Å². The minimum atomic E-state index is 0.536. The Kier molecular flexibility index (Phi) is 2.96. The summed E-state index contributed by atoms with van der Waals surface area (Å²) in [7, 11) is 0. The van der Waals surface area contributed by atoms with Gasteiger partial charge < -0.3 is 15.0 Å². The lowest BCUT2D eigenvalue weighted by molar-refractivity contribution is 0.147. The Hall–Kier alpha value is -1.13. The highest BCUT2D eigenvalue weighted by Crippen LogP contribution is 2.09. The van der Waals surface area contributed by atoms with Crippen LogP contribution in [-0.4, -0.2) is 22.8 Å². The van der Waals surface area contributed by atoms with Crippen LogP contribution < -0.4 is 5.73 Å². The van der Waals surface area contributed by atoms with E-state index in [2.05, 4.69) is 15.6 Å². The van der Waals surface area contributed by atoms with Gasteiger partial charge in [-0.2, -0.15) is 0 Å². The van der Waals surface area contributed by atoms with Crippen molar-refractivity contribution in [1.82, 2.24) is 9.55 Å². The Morgan fingerprint density at radius 3 is 3.21 bits per heavy atom. The Morgan fingerprint density at radius 2 is 2.50 bits per heavy atom. The van der Waals surface area contributed by atoms with Gasteiger partial charge in [-0.1, -0.05) is 6.08 Å². The van der Waals surface area contributed by atoms with E-state index in [4.69, 9.17) is 10.5 Å². The first-order valence-electron chi connectivity index (χ1n) is 4.85. The average Bonchev–Trinajstić information content (AvgIpc) is 2.67. The molecule has 0 spiro atoms. The maximum absolute atomic E-state index is 5.59. The molecule has 2 rings (SSSR count). The van der Waals surface area contributed by atoms with Gasteiger partial charge in [0.15, 0.2) is 0 Å². The number of ether oxygens (including phenoxy) is 1. The predicted molar refractivity (Wildman–Crippen MR) is 53.6 cm³/mol. The van der Waals surface area contributed by atoms with E-state index in [1.165, 1.54) is 5.57 Å². The third-order valence-corrected chi connectivity index (χ3v) is 2.36. The van der Waals surface area contributed by atoms with E-state index in [9.17, 15) is 0 Å². The molecule has 1 aliphatic heterocycles. The molecule has 2 N–H and O–H groups in total. The van der Waals surface area contributed by atoms with Crippen molar-refractivity contribution in [3.05, 3.63) is 29.9 Å². The Labute approximate surface area is 83.4 Å². The highest BCUT2D eigenvalue weighted by Gasteiger charge is 2.06. The van der Waals surface area contributed by atoms with Crippen LogP contribution in [0, 0.1) is 0 Å². The van der Waals surface area contributed by atoms with Crippen molar-refractivity contribution >= 4 is 0 Å². The van der Waals surface area contributed by atoms with Gasteiger partial charge in [0.05, 0.1) is 25.2 Å². The summed E-state index contributed by atoms with van der Waals surface area (Å²) in [6.45, 7) is 2.97. The smallest absolute Gasteiger partial charge is 0.0951 e. The van der Waals surface area contributed by atoms with Crippen LogP contribution in [0.4, 0.5) is 0 Å². The van der Waals surface area contributed by atoms with Crippen LogP contribution in [0.5, 0.6) is 0 Å². The summed E-state index contributed by atoms with van der Waals surface area (Å²) in [6, 6.07) is 0. The highest BCUT2D eigenvalue weighted by molar-refractivity contribution is 5.08. The van der Waals surface area contributed by atoms with Crippen LogP contribution >= 0.6 is 0 Å². The maximum Gasteiger partial charge on any atom is 0.0951 e. The normalized spacial score (nSPS) is 16.8. The van der Waals surface area contributed by atoms with E-state index < -0.39 is 0 Å². The molecule has 0 fully saturated rings. The Morgan fingerprint density at radius 1 is 1.57 bits per heavy atom. The standard InChI is InChI=1S/C10H15N3O/c11-4-10-5-12-8-13(10)6-9-2-1-3-14-7-9/h2,5,8H,1,3-4,6-7,11H2. The van der Waals surface area contributed by atoms with Crippen molar-refractivity contribution in [2.24, 2.45) is 5.73 Å². The van der Waals surface area contributed by atoms with Crippen LogP contribution in [0.15, 0.2) is 24.2 Å². The topological polar surface area (TPSA) is 53.1 Å². The summed E-state index contributed by atoms with van der Waals surface area (Å²) in [5.74, 6) is 0. The van der Waals surface area contributed by atoms with E-state index in [0.29, 0.717) is 6.54 Å². The molecule has 14 heavy (non-hydrogen) atoms. The second-order valence-corrected chi connectivity index (χ2v) is 3.42. The summed E-state index contributed by atoms with van der Waals surface area (Å²) >= 11 is 0. The summed E-state index contributed by atoms with van der Waals surface area (Å²) in [5.41, 5.74) is 7.96. The van der Waals surface area contributed by atoms with E-state index in [1.807, 2.05) is 12.5 Å². The molecule has 0 saturated heterocycles. The van der Waals surface area contributed by atoms with Crippen LogP contribution in [0.3, 0.4) is 0 Å².